The number of carbonyl (C=O) groups excluding carboxylic acids is 1. The van der Waals surface area contributed by atoms with Crippen molar-refractivity contribution in [3.63, 3.8) is 0 Å². The summed E-state index contributed by atoms with van der Waals surface area (Å²) in [6.07, 6.45) is -1.23. The Morgan fingerprint density at radius 3 is 2.44 bits per heavy atom. The maximum atomic E-state index is 12.6. The number of alkyl carbamates (subject to hydrolysis) is 1. The summed E-state index contributed by atoms with van der Waals surface area (Å²) in [6.45, 7) is 5.06. The molecule has 0 spiro atoms. The van der Waals surface area contributed by atoms with Gasteiger partial charge in [-0.05, 0) is 31.9 Å². The second-order valence-electron chi connectivity index (χ2n) is 5.78. The third-order valence-electron chi connectivity index (χ3n) is 3.66. The molecule has 0 aromatic heterocycles. The lowest BCUT2D eigenvalue weighted by Crippen LogP contribution is -2.30. The first kappa shape index (κ1) is 18.3. The van der Waals surface area contributed by atoms with E-state index in [1.165, 1.54) is 6.92 Å². The lowest BCUT2D eigenvalue weighted by molar-refractivity contribution is -0.244. The second-order valence-corrected chi connectivity index (χ2v) is 5.78. The number of carbonyl (C=O) groups is 1. The van der Waals surface area contributed by atoms with E-state index in [2.05, 4.69) is 5.32 Å². The highest BCUT2D eigenvalue weighted by molar-refractivity contribution is 6.03. The van der Waals surface area contributed by atoms with E-state index in [0.29, 0.717) is 5.56 Å². The Balaban J connectivity index is 2.17. The Bertz CT molecular complexity index is 798. The minimum atomic E-state index is -0.765. The van der Waals surface area contributed by atoms with Crippen molar-refractivity contribution in [2.45, 2.75) is 26.9 Å². The van der Waals surface area contributed by atoms with Gasteiger partial charge in [0, 0.05) is 0 Å². The molecule has 0 aliphatic carbocycles. The van der Waals surface area contributed by atoms with E-state index in [-0.39, 0.29) is 11.4 Å². The van der Waals surface area contributed by atoms with Crippen LogP contribution in [0.2, 0.25) is 0 Å². The molecule has 5 nitrogen and oxygen atoms in total. The zero-order valence-electron chi connectivity index (χ0n) is 14.5. The van der Waals surface area contributed by atoms with Crippen LogP contribution in [0.4, 0.5) is 4.79 Å². The lowest BCUT2D eigenvalue weighted by Gasteiger charge is -2.21. The van der Waals surface area contributed by atoms with Crippen LogP contribution in [0.1, 0.15) is 36.6 Å². The first-order valence-electron chi connectivity index (χ1n) is 7.95. The topological polar surface area (TPSA) is 85.2 Å². The van der Waals surface area contributed by atoms with E-state index < -0.39 is 18.0 Å². The monoisotopic (exact) mass is 337 g/mol. The largest absolute Gasteiger partial charge is 0.871 e. The molecular formula is C20H21N2O3-. The summed E-state index contributed by atoms with van der Waals surface area (Å²) >= 11 is 0. The number of ether oxygens (including phenoxy) is 1. The summed E-state index contributed by atoms with van der Waals surface area (Å²) < 4.78 is 5.31. The molecule has 0 bridgehead atoms. The zero-order valence-corrected chi connectivity index (χ0v) is 14.5. The second kappa shape index (κ2) is 8.15. The van der Waals surface area contributed by atoms with E-state index in [0.717, 1.165) is 11.1 Å². The van der Waals surface area contributed by atoms with Crippen molar-refractivity contribution in [3.8, 4) is 0 Å². The number of nitrogens with one attached hydrogen (secondary N) is 2. The van der Waals surface area contributed by atoms with E-state index in [9.17, 15) is 9.90 Å². The molecule has 1 unspecified atom stereocenters. The summed E-state index contributed by atoms with van der Waals surface area (Å²) in [5.74, 6) is -0.416. The van der Waals surface area contributed by atoms with Gasteiger partial charge in [-0.3, -0.25) is 5.32 Å². The fraction of sp³-hybridized carbons (Fsp3) is 0.200. The van der Waals surface area contributed by atoms with Gasteiger partial charge in [0.2, 0.25) is 0 Å². The summed E-state index contributed by atoms with van der Waals surface area (Å²) in [6, 6.07) is 16.3. The molecule has 0 aliphatic rings. The molecule has 0 heterocycles. The number of rotatable bonds is 5. The van der Waals surface area contributed by atoms with Crippen LogP contribution in [0.3, 0.4) is 0 Å². The molecule has 2 N–H and O–H groups in total. The number of benzene rings is 2. The molecule has 130 valence electrons. The van der Waals surface area contributed by atoms with Crippen molar-refractivity contribution >= 4 is 17.6 Å². The Morgan fingerprint density at radius 1 is 1.16 bits per heavy atom. The van der Waals surface area contributed by atoms with Crippen molar-refractivity contribution in [1.29, 1.82) is 5.41 Å². The molecule has 0 aliphatic heterocycles. The van der Waals surface area contributed by atoms with Gasteiger partial charge in [-0.25, -0.2) is 4.79 Å². The predicted octanol–water partition coefficient (Wildman–Crippen LogP) is 3.55. The van der Waals surface area contributed by atoms with Crippen LogP contribution >= 0.6 is 0 Å². The van der Waals surface area contributed by atoms with Gasteiger partial charge >= 0.3 is 6.09 Å². The standard InChI is InChI=1S/C20H22N2O3/c1-13-8-7-11-17(12-13)19(23)18(14(2)21)22-20(24)25-15(3)16-9-5-4-6-10-16/h4-12,15,21,23H,1-3H3,(H,22,24)/p-1/b19-18+,21-14?. The summed E-state index contributed by atoms with van der Waals surface area (Å²) in [5.41, 5.74) is 2.06. The molecule has 0 saturated heterocycles. The average Bonchev–Trinajstić information content (AvgIpc) is 2.59. The molecule has 0 fully saturated rings. The SMILES string of the molecule is CC(=N)/C(NC(=O)OC(C)c1ccccc1)=C(\[O-])c1cccc(C)c1. The number of aryl methyl sites for hydroxylation is 1. The lowest BCUT2D eigenvalue weighted by atomic mass is 10.1. The normalized spacial score (nSPS) is 12.8. The molecule has 0 radical (unpaired) electrons. The molecular weight excluding hydrogens is 316 g/mol. The van der Waals surface area contributed by atoms with E-state index in [4.69, 9.17) is 10.1 Å². The highest BCUT2D eigenvalue weighted by Crippen LogP contribution is 2.18. The predicted molar refractivity (Wildman–Crippen MR) is 96.0 cm³/mol. The third-order valence-corrected chi connectivity index (χ3v) is 3.66. The van der Waals surface area contributed by atoms with Crippen molar-refractivity contribution in [1.82, 2.24) is 5.32 Å². The van der Waals surface area contributed by atoms with Crippen LogP contribution in [-0.2, 0) is 4.74 Å². The third kappa shape index (κ3) is 4.94. The van der Waals surface area contributed by atoms with Gasteiger partial charge < -0.3 is 15.3 Å². The minimum Gasteiger partial charge on any atom is -0.871 e. The van der Waals surface area contributed by atoms with Crippen LogP contribution in [0, 0.1) is 12.3 Å². The van der Waals surface area contributed by atoms with E-state index >= 15 is 0 Å². The molecule has 5 heteroatoms. The quantitative estimate of drug-likeness (QED) is 0.646. The maximum Gasteiger partial charge on any atom is 0.412 e. The van der Waals surface area contributed by atoms with Gasteiger partial charge in [0.05, 0.1) is 11.4 Å². The van der Waals surface area contributed by atoms with Crippen LogP contribution < -0.4 is 10.4 Å². The average molecular weight is 337 g/mol. The molecule has 0 saturated carbocycles. The zero-order chi connectivity index (χ0) is 18.4. The van der Waals surface area contributed by atoms with Gasteiger partial charge in [0.1, 0.15) is 6.10 Å². The number of hydrogen-bond donors (Lipinski definition) is 2. The maximum absolute atomic E-state index is 12.6. The molecule has 1 amide bonds. The molecule has 2 aromatic carbocycles. The van der Waals surface area contributed by atoms with Crippen LogP contribution in [-0.4, -0.2) is 11.8 Å². The molecule has 1 atom stereocenters. The van der Waals surface area contributed by atoms with Crippen molar-refractivity contribution in [3.05, 3.63) is 77.0 Å². The summed E-state index contributed by atoms with van der Waals surface area (Å²) in [4.78, 5) is 12.1. The highest BCUT2D eigenvalue weighted by Gasteiger charge is 2.14. The van der Waals surface area contributed by atoms with Crippen LogP contribution in [0.25, 0.3) is 5.76 Å². The number of hydrogen-bond acceptors (Lipinski definition) is 4. The molecule has 2 aromatic rings. The Kier molecular flexibility index (Phi) is 5.95. The smallest absolute Gasteiger partial charge is 0.412 e. The van der Waals surface area contributed by atoms with Gasteiger partial charge in [-0.1, -0.05) is 65.9 Å². The first-order valence-corrected chi connectivity index (χ1v) is 7.95. The Hall–Kier alpha value is -3.08. The Labute approximate surface area is 147 Å². The van der Waals surface area contributed by atoms with Crippen molar-refractivity contribution in [2.24, 2.45) is 0 Å². The van der Waals surface area contributed by atoms with Crippen LogP contribution in [0.15, 0.2) is 60.3 Å². The first-order chi connectivity index (χ1) is 11.9. The van der Waals surface area contributed by atoms with Crippen molar-refractivity contribution < 1.29 is 14.6 Å². The fourth-order valence-electron chi connectivity index (χ4n) is 2.34. The van der Waals surface area contributed by atoms with Gasteiger partial charge in [0.15, 0.2) is 0 Å². The van der Waals surface area contributed by atoms with E-state index in [1.54, 1.807) is 25.1 Å². The fourth-order valence-corrected chi connectivity index (χ4v) is 2.34. The Morgan fingerprint density at radius 2 is 1.84 bits per heavy atom. The summed E-state index contributed by atoms with van der Waals surface area (Å²) in [7, 11) is 0. The van der Waals surface area contributed by atoms with Gasteiger partial charge in [-0.2, -0.15) is 0 Å². The van der Waals surface area contributed by atoms with E-state index in [1.807, 2.05) is 43.3 Å². The van der Waals surface area contributed by atoms with Crippen LogP contribution in [0.5, 0.6) is 0 Å². The number of amides is 1. The number of allylic oxidation sites excluding steroid dienone is 1. The van der Waals surface area contributed by atoms with Crippen molar-refractivity contribution in [2.75, 3.05) is 0 Å². The van der Waals surface area contributed by atoms with Gasteiger partial charge in [0.25, 0.3) is 0 Å². The highest BCUT2D eigenvalue weighted by atomic mass is 16.6. The van der Waals surface area contributed by atoms with Gasteiger partial charge in [-0.15, -0.1) is 0 Å². The summed E-state index contributed by atoms with van der Waals surface area (Å²) in [5, 5.41) is 22.8. The minimum absolute atomic E-state index is 0.0316. The molecule has 25 heavy (non-hydrogen) atoms. The molecule has 2 rings (SSSR count).